The molecule has 1 aromatic heterocycles. The number of rotatable bonds is 4. The van der Waals surface area contributed by atoms with E-state index in [1.54, 1.807) is 6.07 Å². The molecule has 0 unspecified atom stereocenters. The summed E-state index contributed by atoms with van der Waals surface area (Å²) in [6.07, 6.45) is 0. The van der Waals surface area contributed by atoms with Crippen LogP contribution in [0.25, 0.3) is 11.0 Å². The summed E-state index contributed by atoms with van der Waals surface area (Å²) in [5.74, 6) is 0.292. The molecule has 33 heavy (non-hydrogen) atoms. The molecule has 3 heterocycles. The number of quaternary nitrogens is 1. The third-order valence-electron chi connectivity index (χ3n) is 5.95. The molecule has 5 rings (SSSR count). The number of piperazine rings is 1. The molecule has 3 N–H and O–H groups in total. The van der Waals surface area contributed by atoms with Gasteiger partial charge in [-0.05, 0) is 18.2 Å². The van der Waals surface area contributed by atoms with Gasteiger partial charge in [0.05, 0.1) is 31.1 Å². The maximum Gasteiger partial charge on any atom is 0.336 e. The largest absolute Gasteiger partial charge is 0.504 e. The van der Waals surface area contributed by atoms with Gasteiger partial charge in [0.15, 0.2) is 23.0 Å². The maximum atomic E-state index is 13.1. The van der Waals surface area contributed by atoms with E-state index in [-0.39, 0.29) is 22.0 Å². The number of benzene rings is 2. The van der Waals surface area contributed by atoms with Gasteiger partial charge < -0.3 is 29.0 Å². The van der Waals surface area contributed by atoms with E-state index in [0.29, 0.717) is 68.4 Å². The molecule has 174 valence electrons. The van der Waals surface area contributed by atoms with Crippen LogP contribution in [0.2, 0.25) is 0 Å². The second-order valence-electron chi connectivity index (χ2n) is 8.06. The van der Waals surface area contributed by atoms with Gasteiger partial charge >= 0.3 is 5.63 Å². The van der Waals surface area contributed by atoms with E-state index < -0.39 is 15.6 Å². The highest BCUT2D eigenvalue weighted by Crippen LogP contribution is 2.33. The maximum absolute atomic E-state index is 13.1. The van der Waals surface area contributed by atoms with E-state index in [0.717, 1.165) is 4.90 Å². The molecule has 0 spiro atoms. The number of phenols is 2. The van der Waals surface area contributed by atoms with Crippen molar-refractivity contribution in [2.75, 3.05) is 39.4 Å². The molecular weight excluding hydrogens is 452 g/mol. The lowest BCUT2D eigenvalue weighted by molar-refractivity contribution is -0.917. The van der Waals surface area contributed by atoms with Crippen molar-refractivity contribution in [3.63, 3.8) is 0 Å². The summed E-state index contributed by atoms with van der Waals surface area (Å²) in [5.41, 5.74) is 0.295. The predicted molar refractivity (Wildman–Crippen MR) is 116 cm³/mol. The van der Waals surface area contributed by atoms with Crippen molar-refractivity contribution in [1.29, 1.82) is 0 Å². The Morgan fingerprint density at radius 3 is 2.39 bits per heavy atom. The third-order valence-corrected chi connectivity index (χ3v) is 7.84. The molecule has 0 atom stereocenters. The Kier molecular flexibility index (Phi) is 5.39. The average Bonchev–Trinajstić information content (AvgIpc) is 2.80. The van der Waals surface area contributed by atoms with Crippen LogP contribution in [-0.2, 0) is 16.6 Å². The molecule has 10 nitrogen and oxygen atoms in total. The number of ether oxygens (including phenoxy) is 2. The van der Waals surface area contributed by atoms with Crippen LogP contribution in [0.3, 0.4) is 0 Å². The van der Waals surface area contributed by atoms with Crippen molar-refractivity contribution in [3.8, 4) is 23.0 Å². The molecule has 0 saturated carbocycles. The van der Waals surface area contributed by atoms with Gasteiger partial charge in [0.2, 0.25) is 10.0 Å². The van der Waals surface area contributed by atoms with Crippen LogP contribution in [0.1, 0.15) is 5.56 Å². The summed E-state index contributed by atoms with van der Waals surface area (Å²) < 4.78 is 43.8. The van der Waals surface area contributed by atoms with Crippen molar-refractivity contribution in [3.05, 3.63) is 52.4 Å². The number of nitrogens with zero attached hydrogens (tertiary/aromatic N) is 1. The summed E-state index contributed by atoms with van der Waals surface area (Å²) in [4.78, 5) is 13.2. The Bertz CT molecular complexity index is 1380. The van der Waals surface area contributed by atoms with E-state index >= 15 is 0 Å². The monoisotopic (exact) mass is 475 g/mol. The lowest BCUT2D eigenvalue weighted by Crippen LogP contribution is -3.13. The Morgan fingerprint density at radius 2 is 1.64 bits per heavy atom. The molecule has 2 aliphatic rings. The number of hydrogen-bond acceptors (Lipinski definition) is 8. The summed E-state index contributed by atoms with van der Waals surface area (Å²) in [7, 11) is -3.68. The summed E-state index contributed by atoms with van der Waals surface area (Å²) in [6.45, 7) is 2.97. The van der Waals surface area contributed by atoms with E-state index in [1.165, 1.54) is 34.6 Å². The highest BCUT2D eigenvalue weighted by Gasteiger charge is 2.31. The standard InChI is InChI=1S/C22H22N2O8S/c25-17-11-16-14(9-22(27)32-20(16)12-18(17)26)13-23-3-5-24(6-4-23)33(28,29)15-1-2-19-21(10-15)31-8-7-30-19/h1-2,9-12,25-26H,3-8,13H2/p+1. The second kappa shape index (κ2) is 8.25. The van der Waals surface area contributed by atoms with Crippen molar-refractivity contribution in [2.45, 2.75) is 11.4 Å². The minimum Gasteiger partial charge on any atom is -0.504 e. The van der Waals surface area contributed by atoms with Gasteiger partial charge in [-0.2, -0.15) is 4.31 Å². The SMILES string of the molecule is O=c1cc(C[NH+]2CCN(S(=O)(=O)c3ccc4c(c3)OCCO4)CC2)c2cc(O)c(O)cc2o1. The van der Waals surface area contributed by atoms with Crippen LogP contribution >= 0.6 is 0 Å². The normalized spacial score (nSPS) is 17.3. The Hall–Kier alpha value is -3.28. The quantitative estimate of drug-likeness (QED) is 0.357. The van der Waals surface area contributed by atoms with Crippen LogP contribution in [0.15, 0.2) is 50.5 Å². The first-order valence-electron chi connectivity index (χ1n) is 10.5. The van der Waals surface area contributed by atoms with Crippen molar-refractivity contribution in [1.82, 2.24) is 4.31 Å². The highest BCUT2D eigenvalue weighted by atomic mass is 32.2. The number of phenolic OH excluding ortho intramolecular Hbond substituents is 2. The Balaban J connectivity index is 1.32. The first-order chi connectivity index (χ1) is 15.8. The zero-order valence-corrected chi connectivity index (χ0v) is 18.4. The number of nitrogens with one attached hydrogen (secondary N) is 1. The minimum absolute atomic E-state index is 0.164. The number of fused-ring (bicyclic) bond motifs is 2. The van der Waals surface area contributed by atoms with Gasteiger partial charge in [0, 0.05) is 29.1 Å². The van der Waals surface area contributed by atoms with Gasteiger partial charge in [-0.25, -0.2) is 13.2 Å². The topological polar surface area (TPSA) is 131 Å². The van der Waals surface area contributed by atoms with E-state index in [1.807, 2.05) is 0 Å². The van der Waals surface area contributed by atoms with Gasteiger partial charge in [-0.3, -0.25) is 0 Å². The molecule has 1 fully saturated rings. The lowest BCUT2D eigenvalue weighted by Gasteiger charge is -2.32. The number of sulfonamides is 1. The highest BCUT2D eigenvalue weighted by molar-refractivity contribution is 7.89. The van der Waals surface area contributed by atoms with E-state index in [9.17, 15) is 23.4 Å². The Morgan fingerprint density at radius 1 is 0.939 bits per heavy atom. The first-order valence-corrected chi connectivity index (χ1v) is 12.0. The third kappa shape index (κ3) is 4.10. The van der Waals surface area contributed by atoms with E-state index in [4.69, 9.17) is 13.9 Å². The van der Waals surface area contributed by atoms with Crippen LogP contribution < -0.4 is 20.0 Å². The van der Waals surface area contributed by atoms with Crippen LogP contribution in [0.5, 0.6) is 23.0 Å². The van der Waals surface area contributed by atoms with Crippen molar-refractivity contribution in [2.24, 2.45) is 0 Å². The molecule has 2 aliphatic heterocycles. The summed E-state index contributed by atoms with van der Waals surface area (Å²) in [6, 6.07) is 8.58. The second-order valence-corrected chi connectivity index (χ2v) is 10.0. The molecule has 2 aromatic carbocycles. The Labute approximate surface area is 189 Å². The zero-order valence-electron chi connectivity index (χ0n) is 17.6. The van der Waals surface area contributed by atoms with Crippen molar-refractivity contribution < 1.29 is 37.4 Å². The fourth-order valence-electron chi connectivity index (χ4n) is 4.22. The van der Waals surface area contributed by atoms with Crippen molar-refractivity contribution >= 4 is 21.0 Å². The number of aromatic hydroxyl groups is 2. The molecule has 0 aliphatic carbocycles. The van der Waals surface area contributed by atoms with Crippen LogP contribution in [0.4, 0.5) is 0 Å². The lowest BCUT2D eigenvalue weighted by atomic mass is 10.1. The predicted octanol–water partition coefficient (Wildman–Crippen LogP) is 0.0648. The molecule has 0 amide bonds. The fraction of sp³-hybridized carbons (Fsp3) is 0.318. The van der Waals surface area contributed by atoms with E-state index in [2.05, 4.69) is 0 Å². The van der Waals surface area contributed by atoms with Crippen LogP contribution in [0, 0.1) is 0 Å². The molecule has 0 bridgehead atoms. The molecule has 3 aromatic rings. The fourth-order valence-corrected chi connectivity index (χ4v) is 5.68. The summed E-state index contributed by atoms with van der Waals surface area (Å²) in [5, 5.41) is 20.1. The summed E-state index contributed by atoms with van der Waals surface area (Å²) >= 11 is 0. The molecule has 1 saturated heterocycles. The molecule has 0 radical (unpaired) electrons. The zero-order chi connectivity index (χ0) is 23.2. The van der Waals surface area contributed by atoms with Gasteiger partial charge in [0.25, 0.3) is 0 Å². The average molecular weight is 475 g/mol. The van der Waals surface area contributed by atoms with Gasteiger partial charge in [-0.15, -0.1) is 0 Å². The molecular formula is C22H23N2O8S+. The smallest absolute Gasteiger partial charge is 0.336 e. The van der Waals surface area contributed by atoms with Gasteiger partial charge in [0.1, 0.15) is 25.3 Å². The number of hydrogen-bond donors (Lipinski definition) is 3. The molecule has 11 heteroatoms. The van der Waals surface area contributed by atoms with Gasteiger partial charge in [-0.1, -0.05) is 0 Å². The minimum atomic E-state index is -3.68. The first kappa shape index (κ1) is 21.6. The van der Waals surface area contributed by atoms with Crippen LogP contribution in [-0.4, -0.2) is 62.3 Å².